The summed E-state index contributed by atoms with van der Waals surface area (Å²) >= 11 is 3.41. The maximum atomic E-state index is 14.4. The van der Waals surface area contributed by atoms with Crippen molar-refractivity contribution in [2.24, 2.45) is 0 Å². The van der Waals surface area contributed by atoms with E-state index < -0.39 is 11.8 Å². The molecule has 2 aromatic rings. The Hall–Kier alpha value is -1.88. The van der Waals surface area contributed by atoms with Crippen LogP contribution in [-0.4, -0.2) is 24.2 Å². The van der Waals surface area contributed by atoms with Gasteiger partial charge in [0.2, 0.25) is 0 Å². The molecular weight excluding hydrogens is 349 g/mol. The van der Waals surface area contributed by atoms with E-state index in [1.165, 1.54) is 6.07 Å². The van der Waals surface area contributed by atoms with E-state index in [0.29, 0.717) is 12.1 Å². The molecule has 1 saturated heterocycles. The van der Waals surface area contributed by atoms with Gasteiger partial charge in [0.05, 0.1) is 5.56 Å². The van der Waals surface area contributed by atoms with Gasteiger partial charge in [-0.1, -0.05) is 28.1 Å². The molecule has 3 rings (SSSR count). The van der Waals surface area contributed by atoms with Crippen molar-refractivity contribution in [3.8, 4) is 0 Å². The van der Waals surface area contributed by atoms with Crippen LogP contribution < -0.4 is 4.90 Å². The van der Waals surface area contributed by atoms with Gasteiger partial charge < -0.3 is 10.0 Å². The molecule has 1 unspecified atom stereocenters. The Kier molecular flexibility index (Phi) is 4.16. The number of rotatable bonds is 3. The molecule has 0 aliphatic carbocycles. The van der Waals surface area contributed by atoms with E-state index >= 15 is 0 Å². The first-order valence-corrected chi connectivity index (χ1v) is 7.88. The highest BCUT2D eigenvalue weighted by Crippen LogP contribution is 2.33. The lowest BCUT2D eigenvalue weighted by atomic mass is 9.96. The van der Waals surface area contributed by atoms with Gasteiger partial charge in [-0.25, -0.2) is 9.18 Å². The molecule has 0 saturated carbocycles. The van der Waals surface area contributed by atoms with Crippen LogP contribution in [0, 0.1) is 5.82 Å². The van der Waals surface area contributed by atoms with E-state index in [0.717, 1.165) is 23.1 Å². The molecule has 1 aliphatic heterocycles. The van der Waals surface area contributed by atoms with Crippen LogP contribution in [-0.2, 0) is 0 Å². The van der Waals surface area contributed by atoms with Crippen LogP contribution in [0.1, 0.15) is 28.3 Å². The molecule has 1 aliphatic rings. The van der Waals surface area contributed by atoms with Crippen LogP contribution in [0.2, 0.25) is 0 Å². The molecule has 22 heavy (non-hydrogen) atoms. The highest BCUT2D eigenvalue weighted by atomic mass is 79.9. The summed E-state index contributed by atoms with van der Waals surface area (Å²) in [6.45, 7) is 1.53. The standard InChI is InChI=1S/C17H15BrFNO2/c18-12-4-6-13(7-5-12)20-9-8-11(10-20)14-2-1-3-15(16(14)19)17(21)22/h1-7,11H,8-10H2,(H,21,22). The second-order valence-electron chi connectivity index (χ2n) is 5.42. The van der Waals surface area contributed by atoms with Gasteiger partial charge in [-0.3, -0.25) is 0 Å². The average Bonchev–Trinajstić information content (AvgIpc) is 2.97. The predicted molar refractivity (Wildman–Crippen MR) is 87.1 cm³/mol. The summed E-state index contributed by atoms with van der Waals surface area (Å²) in [6.07, 6.45) is 0.816. The molecule has 5 heteroatoms. The Labute approximate surface area is 136 Å². The Morgan fingerprint density at radius 3 is 2.64 bits per heavy atom. The fourth-order valence-corrected chi connectivity index (χ4v) is 3.20. The molecular formula is C17H15BrFNO2. The Bertz CT molecular complexity index is 702. The van der Waals surface area contributed by atoms with E-state index in [9.17, 15) is 9.18 Å². The van der Waals surface area contributed by atoms with Crippen LogP contribution in [0.5, 0.6) is 0 Å². The van der Waals surface area contributed by atoms with Gasteiger partial charge in [0.25, 0.3) is 0 Å². The van der Waals surface area contributed by atoms with Gasteiger partial charge in [0.15, 0.2) is 0 Å². The molecule has 1 heterocycles. The van der Waals surface area contributed by atoms with Crippen LogP contribution in [0.3, 0.4) is 0 Å². The van der Waals surface area contributed by atoms with E-state index in [1.54, 1.807) is 12.1 Å². The van der Waals surface area contributed by atoms with Crippen LogP contribution in [0.25, 0.3) is 0 Å². The van der Waals surface area contributed by atoms with Gasteiger partial charge in [-0.15, -0.1) is 0 Å². The lowest BCUT2D eigenvalue weighted by molar-refractivity contribution is 0.0691. The van der Waals surface area contributed by atoms with Gasteiger partial charge in [0.1, 0.15) is 5.82 Å². The van der Waals surface area contributed by atoms with Gasteiger partial charge >= 0.3 is 5.97 Å². The summed E-state index contributed by atoms with van der Waals surface area (Å²) < 4.78 is 15.4. The van der Waals surface area contributed by atoms with E-state index in [4.69, 9.17) is 5.11 Å². The number of nitrogens with zero attached hydrogens (tertiary/aromatic N) is 1. The number of benzene rings is 2. The van der Waals surface area contributed by atoms with Crippen molar-refractivity contribution >= 4 is 27.6 Å². The highest BCUT2D eigenvalue weighted by Gasteiger charge is 2.27. The number of halogens is 2. The fraction of sp³-hybridized carbons (Fsp3) is 0.235. The molecule has 0 amide bonds. The SMILES string of the molecule is O=C(O)c1cccc(C2CCN(c3ccc(Br)cc3)C2)c1F. The fourth-order valence-electron chi connectivity index (χ4n) is 2.93. The third kappa shape index (κ3) is 2.86. The zero-order valence-corrected chi connectivity index (χ0v) is 13.4. The zero-order valence-electron chi connectivity index (χ0n) is 11.8. The quantitative estimate of drug-likeness (QED) is 0.884. The van der Waals surface area contributed by atoms with E-state index in [-0.39, 0.29) is 11.5 Å². The smallest absolute Gasteiger partial charge is 0.338 e. The number of aromatic carboxylic acids is 1. The molecule has 3 nitrogen and oxygen atoms in total. The van der Waals surface area contributed by atoms with Crippen LogP contribution in [0.15, 0.2) is 46.9 Å². The Morgan fingerprint density at radius 1 is 1.23 bits per heavy atom. The minimum Gasteiger partial charge on any atom is -0.478 e. The summed E-state index contributed by atoms with van der Waals surface area (Å²) in [4.78, 5) is 13.3. The Balaban J connectivity index is 1.82. The monoisotopic (exact) mass is 363 g/mol. The largest absolute Gasteiger partial charge is 0.478 e. The first-order valence-electron chi connectivity index (χ1n) is 7.08. The third-order valence-corrected chi connectivity index (χ3v) is 4.61. The third-order valence-electron chi connectivity index (χ3n) is 4.08. The van der Waals surface area contributed by atoms with Crippen molar-refractivity contribution in [1.29, 1.82) is 0 Å². The van der Waals surface area contributed by atoms with Crippen molar-refractivity contribution in [2.75, 3.05) is 18.0 Å². The molecule has 1 fully saturated rings. The maximum absolute atomic E-state index is 14.4. The van der Waals surface area contributed by atoms with Crippen molar-refractivity contribution in [1.82, 2.24) is 0 Å². The number of hydrogen-bond donors (Lipinski definition) is 1. The minimum absolute atomic E-state index is 0.0166. The first-order chi connectivity index (χ1) is 10.6. The van der Waals surface area contributed by atoms with Crippen molar-refractivity contribution in [2.45, 2.75) is 12.3 Å². The van der Waals surface area contributed by atoms with Crippen LogP contribution >= 0.6 is 15.9 Å². The van der Waals surface area contributed by atoms with E-state index in [1.807, 2.05) is 24.3 Å². The zero-order chi connectivity index (χ0) is 15.7. The first kappa shape index (κ1) is 15.0. The van der Waals surface area contributed by atoms with Crippen LogP contribution in [0.4, 0.5) is 10.1 Å². The number of carboxylic acids is 1. The predicted octanol–water partition coefficient (Wildman–Crippen LogP) is 4.28. The number of carboxylic acid groups (broad SMARTS) is 1. The molecule has 1 atom stereocenters. The molecule has 114 valence electrons. The number of hydrogen-bond acceptors (Lipinski definition) is 2. The summed E-state index contributed by atoms with van der Waals surface area (Å²) in [5, 5.41) is 9.03. The number of anilines is 1. The van der Waals surface area contributed by atoms with Gasteiger partial charge in [-0.05, 0) is 42.3 Å². The second-order valence-corrected chi connectivity index (χ2v) is 6.34. The lowest BCUT2D eigenvalue weighted by Gasteiger charge is -2.19. The second kappa shape index (κ2) is 6.08. The summed E-state index contributed by atoms with van der Waals surface area (Å²) in [6, 6.07) is 12.6. The molecule has 1 N–H and O–H groups in total. The molecule has 0 radical (unpaired) electrons. The molecule has 0 aromatic heterocycles. The Morgan fingerprint density at radius 2 is 1.95 bits per heavy atom. The highest BCUT2D eigenvalue weighted by molar-refractivity contribution is 9.10. The minimum atomic E-state index is -1.22. The summed E-state index contributed by atoms with van der Waals surface area (Å²) in [5.41, 5.74) is 1.35. The van der Waals surface area contributed by atoms with Gasteiger partial charge in [-0.2, -0.15) is 0 Å². The average molecular weight is 364 g/mol. The van der Waals surface area contributed by atoms with Crippen molar-refractivity contribution < 1.29 is 14.3 Å². The molecule has 0 spiro atoms. The van der Waals surface area contributed by atoms with E-state index in [2.05, 4.69) is 20.8 Å². The van der Waals surface area contributed by atoms with Crippen molar-refractivity contribution in [3.05, 3.63) is 63.9 Å². The molecule has 0 bridgehead atoms. The van der Waals surface area contributed by atoms with Crippen molar-refractivity contribution in [3.63, 3.8) is 0 Å². The molecule has 2 aromatic carbocycles. The number of carbonyl (C=O) groups is 1. The lowest BCUT2D eigenvalue weighted by Crippen LogP contribution is -2.19. The summed E-state index contributed by atoms with van der Waals surface area (Å²) in [7, 11) is 0. The summed E-state index contributed by atoms with van der Waals surface area (Å²) in [5.74, 6) is -1.80. The van der Waals surface area contributed by atoms with Gasteiger partial charge in [0, 0.05) is 29.2 Å². The topological polar surface area (TPSA) is 40.5 Å². The maximum Gasteiger partial charge on any atom is 0.338 e. The normalized spacial score (nSPS) is 17.7.